The van der Waals surface area contributed by atoms with Crippen LogP contribution in [0.4, 0.5) is 5.69 Å². The molecular weight excluding hydrogens is 473 g/mol. The Bertz CT molecular complexity index is 1200. The Kier molecular flexibility index (Phi) is 6.23. The van der Waals surface area contributed by atoms with Crippen LogP contribution in [0.25, 0.3) is 0 Å². The van der Waals surface area contributed by atoms with Crippen LogP contribution in [0.1, 0.15) is 30.0 Å². The first-order valence-electron chi connectivity index (χ1n) is 9.93. The van der Waals surface area contributed by atoms with Crippen molar-refractivity contribution in [1.29, 1.82) is 5.26 Å². The summed E-state index contributed by atoms with van der Waals surface area (Å²) in [6, 6.07) is 9.49. The third kappa shape index (κ3) is 4.00. The first-order valence-corrected chi connectivity index (χ1v) is 10.7. The Morgan fingerprint density at radius 2 is 2.03 bits per heavy atom. The van der Waals surface area contributed by atoms with Crippen molar-refractivity contribution in [2.45, 2.75) is 25.1 Å². The van der Waals surface area contributed by atoms with Crippen molar-refractivity contribution >= 4 is 28.9 Å². The number of phenolic OH excluding ortho intramolecular Hbond substituents is 1. The van der Waals surface area contributed by atoms with E-state index in [1.807, 2.05) is 0 Å². The van der Waals surface area contributed by atoms with Gasteiger partial charge >= 0.3 is 5.69 Å². The number of allylic oxidation sites excluding steroid dienone is 1. The van der Waals surface area contributed by atoms with E-state index in [1.54, 1.807) is 25.1 Å². The number of benzene rings is 2. The molecule has 12 heteroatoms. The minimum atomic E-state index is -0.728. The molecule has 172 valence electrons. The van der Waals surface area contributed by atoms with Crippen molar-refractivity contribution in [3.63, 3.8) is 0 Å². The molecule has 1 fully saturated rings. The van der Waals surface area contributed by atoms with E-state index in [0.29, 0.717) is 15.6 Å². The van der Waals surface area contributed by atoms with Gasteiger partial charge in [-0.2, -0.15) is 5.26 Å². The zero-order valence-electron chi connectivity index (χ0n) is 17.2. The van der Waals surface area contributed by atoms with E-state index in [-0.39, 0.29) is 23.8 Å². The lowest BCUT2D eigenvalue weighted by atomic mass is 9.74. The Balaban J connectivity index is 1.90. The van der Waals surface area contributed by atoms with Crippen LogP contribution >= 0.6 is 23.2 Å². The van der Waals surface area contributed by atoms with Gasteiger partial charge in [0.25, 0.3) is 0 Å². The minimum absolute atomic E-state index is 0.0643. The number of aromatic hydroxyl groups is 1. The Morgan fingerprint density at radius 1 is 1.27 bits per heavy atom. The molecule has 0 saturated carbocycles. The molecule has 0 amide bonds. The fourth-order valence-electron chi connectivity index (χ4n) is 4.28. The second kappa shape index (κ2) is 8.96. The lowest BCUT2D eigenvalue weighted by Crippen LogP contribution is -2.41. The molecule has 2 aliphatic rings. The molecule has 2 heterocycles. The summed E-state index contributed by atoms with van der Waals surface area (Å²) >= 11 is 12.3. The van der Waals surface area contributed by atoms with Gasteiger partial charge in [-0.1, -0.05) is 29.3 Å². The van der Waals surface area contributed by atoms with Gasteiger partial charge in [-0.05, 0) is 36.2 Å². The highest BCUT2D eigenvalue weighted by molar-refractivity contribution is 6.42. The number of nitrogens with one attached hydrogen (secondary N) is 2. The van der Waals surface area contributed by atoms with Crippen LogP contribution in [0, 0.1) is 27.4 Å². The topological polar surface area (TPSA) is 156 Å². The standard InChI is InChI=1S/C21H19Cl2N5O5/c1-2-32-15-7-10(6-14(19(15)29)28(30)31)16-11(8-24)20(25)33-21-17(16)18(26-27-21)9-3-4-12(22)13(23)5-9/h3-7,16-18,21,26-27,29H,2,25H2,1H3. The molecule has 33 heavy (non-hydrogen) atoms. The van der Waals surface area contributed by atoms with Crippen molar-refractivity contribution in [2.75, 3.05) is 6.61 Å². The van der Waals surface area contributed by atoms with Gasteiger partial charge in [0.2, 0.25) is 11.6 Å². The molecule has 1 saturated heterocycles. The predicted molar refractivity (Wildman–Crippen MR) is 119 cm³/mol. The molecule has 0 bridgehead atoms. The Hall–Kier alpha value is -3.23. The molecule has 0 spiro atoms. The molecule has 0 aromatic heterocycles. The van der Waals surface area contributed by atoms with Crippen molar-refractivity contribution in [3.8, 4) is 17.6 Å². The first-order chi connectivity index (χ1) is 15.8. The van der Waals surface area contributed by atoms with Crippen molar-refractivity contribution in [3.05, 3.63) is 73.1 Å². The van der Waals surface area contributed by atoms with Crippen LogP contribution in [0.5, 0.6) is 11.5 Å². The number of ether oxygens (including phenoxy) is 2. The van der Waals surface area contributed by atoms with Crippen LogP contribution in [0.2, 0.25) is 10.0 Å². The van der Waals surface area contributed by atoms with Gasteiger partial charge in [-0.15, -0.1) is 0 Å². The maximum Gasteiger partial charge on any atom is 0.314 e. The number of nitrogens with two attached hydrogens (primary N) is 1. The fraction of sp³-hybridized carbons (Fsp3) is 0.286. The van der Waals surface area contributed by atoms with Gasteiger partial charge in [-0.25, -0.2) is 10.9 Å². The van der Waals surface area contributed by atoms with Gasteiger partial charge in [0, 0.05) is 17.9 Å². The number of phenols is 1. The lowest BCUT2D eigenvalue weighted by Gasteiger charge is -2.36. The first kappa shape index (κ1) is 22.9. The maximum absolute atomic E-state index is 11.6. The van der Waals surface area contributed by atoms with E-state index in [9.17, 15) is 20.5 Å². The van der Waals surface area contributed by atoms with Crippen LogP contribution < -0.4 is 21.3 Å². The second-order valence-corrected chi connectivity index (χ2v) is 8.31. The van der Waals surface area contributed by atoms with Gasteiger partial charge in [0.1, 0.15) is 6.07 Å². The average molecular weight is 492 g/mol. The monoisotopic (exact) mass is 491 g/mol. The normalized spacial score (nSPS) is 24.1. The molecular formula is C21H19Cl2N5O5. The number of fused-ring (bicyclic) bond motifs is 1. The van der Waals surface area contributed by atoms with Crippen LogP contribution in [0.3, 0.4) is 0 Å². The summed E-state index contributed by atoms with van der Waals surface area (Å²) < 4.78 is 11.2. The Labute approximate surface area is 198 Å². The molecule has 2 aromatic carbocycles. The highest BCUT2D eigenvalue weighted by Gasteiger charge is 2.49. The summed E-state index contributed by atoms with van der Waals surface area (Å²) in [4.78, 5) is 10.9. The molecule has 0 aliphatic carbocycles. The van der Waals surface area contributed by atoms with Crippen LogP contribution in [0.15, 0.2) is 41.8 Å². The molecule has 4 atom stereocenters. The van der Waals surface area contributed by atoms with Gasteiger partial charge in [0.05, 0.1) is 33.2 Å². The Morgan fingerprint density at radius 3 is 2.67 bits per heavy atom. The van der Waals surface area contributed by atoms with E-state index in [1.165, 1.54) is 12.1 Å². The quantitative estimate of drug-likeness (QED) is 0.362. The number of nitro benzene ring substituents is 1. The lowest BCUT2D eigenvalue weighted by molar-refractivity contribution is -0.386. The van der Waals surface area contributed by atoms with E-state index >= 15 is 0 Å². The van der Waals surface area contributed by atoms with E-state index in [2.05, 4.69) is 16.9 Å². The van der Waals surface area contributed by atoms with Gasteiger partial charge in [0.15, 0.2) is 12.0 Å². The summed E-state index contributed by atoms with van der Waals surface area (Å²) in [5.41, 5.74) is 12.9. The molecule has 2 aromatic rings. The molecule has 4 rings (SSSR count). The third-order valence-electron chi connectivity index (χ3n) is 5.69. The van der Waals surface area contributed by atoms with Gasteiger partial charge < -0.3 is 20.3 Å². The number of hydrogen-bond donors (Lipinski definition) is 4. The van der Waals surface area contributed by atoms with Gasteiger partial charge in [-0.3, -0.25) is 10.1 Å². The van der Waals surface area contributed by atoms with Crippen molar-refractivity contribution < 1.29 is 19.5 Å². The molecule has 2 aliphatic heterocycles. The number of hydrogen-bond acceptors (Lipinski definition) is 9. The van der Waals surface area contributed by atoms with E-state index < -0.39 is 40.5 Å². The molecule has 5 N–H and O–H groups in total. The number of nitrogens with zero attached hydrogens (tertiary/aromatic N) is 2. The highest BCUT2D eigenvalue weighted by Crippen LogP contribution is 2.50. The van der Waals surface area contributed by atoms with E-state index in [0.717, 1.165) is 5.56 Å². The largest absolute Gasteiger partial charge is 0.500 e. The number of hydrazine groups is 1. The second-order valence-electron chi connectivity index (χ2n) is 7.50. The van der Waals surface area contributed by atoms with Crippen LogP contribution in [-0.2, 0) is 4.74 Å². The zero-order valence-corrected chi connectivity index (χ0v) is 18.7. The summed E-state index contributed by atoms with van der Waals surface area (Å²) in [7, 11) is 0. The zero-order chi connectivity index (χ0) is 23.9. The molecule has 0 radical (unpaired) electrons. The average Bonchev–Trinajstić information content (AvgIpc) is 3.19. The number of nitriles is 1. The predicted octanol–water partition coefficient (Wildman–Crippen LogP) is 3.60. The summed E-state index contributed by atoms with van der Waals surface area (Å²) in [6.07, 6.45) is -0.657. The maximum atomic E-state index is 11.6. The summed E-state index contributed by atoms with van der Waals surface area (Å²) in [6.45, 7) is 1.86. The number of halogens is 2. The van der Waals surface area contributed by atoms with E-state index in [4.69, 9.17) is 38.4 Å². The summed E-state index contributed by atoms with van der Waals surface area (Å²) in [5, 5.41) is 32.6. The minimum Gasteiger partial charge on any atom is -0.500 e. The smallest absolute Gasteiger partial charge is 0.314 e. The number of rotatable bonds is 5. The fourth-order valence-corrected chi connectivity index (χ4v) is 4.59. The summed E-state index contributed by atoms with van der Waals surface area (Å²) in [5.74, 6) is -1.95. The van der Waals surface area contributed by atoms with Crippen molar-refractivity contribution in [1.82, 2.24) is 10.9 Å². The SMILES string of the molecule is CCOc1cc(C2C(C#N)=C(N)OC3NNC(c4ccc(Cl)c(Cl)c4)C32)cc([N+](=O)[O-])c1O. The number of nitro groups is 1. The third-order valence-corrected chi connectivity index (χ3v) is 6.43. The molecule has 10 nitrogen and oxygen atoms in total. The molecule has 4 unspecified atom stereocenters. The van der Waals surface area contributed by atoms with Crippen molar-refractivity contribution in [2.24, 2.45) is 11.7 Å². The highest BCUT2D eigenvalue weighted by atomic mass is 35.5. The van der Waals surface area contributed by atoms with Crippen LogP contribution in [-0.4, -0.2) is 22.9 Å².